The molecule has 0 aliphatic carbocycles. The third kappa shape index (κ3) is 3.64. The first-order valence-electron chi connectivity index (χ1n) is 7.78. The topological polar surface area (TPSA) is 99.7 Å². The van der Waals surface area contributed by atoms with Crippen molar-refractivity contribution >= 4 is 11.9 Å². The number of nitrogens with zero attached hydrogens (tertiary/aromatic N) is 5. The highest BCUT2D eigenvalue weighted by Gasteiger charge is 2.22. The Morgan fingerprint density at radius 1 is 1.22 bits per heavy atom. The van der Waals surface area contributed by atoms with Gasteiger partial charge < -0.3 is 10.2 Å². The van der Waals surface area contributed by atoms with Crippen LogP contribution in [0, 0.1) is 20.8 Å². The Labute approximate surface area is 134 Å². The van der Waals surface area contributed by atoms with Gasteiger partial charge in [0, 0.05) is 30.9 Å². The largest absolute Gasteiger partial charge is 0.348 e. The molecule has 1 fully saturated rings. The van der Waals surface area contributed by atoms with Gasteiger partial charge in [0.05, 0.1) is 11.4 Å². The number of hydrogen-bond donors (Lipinski definition) is 2. The highest BCUT2D eigenvalue weighted by molar-refractivity contribution is 5.34. The number of nitrogens with one attached hydrogen (secondary N) is 2. The maximum atomic E-state index is 11.6. The Bertz CT molecular complexity index is 758. The molecule has 1 unspecified atom stereocenters. The number of piperidine rings is 1. The number of rotatable bonds is 3. The van der Waals surface area contributed by atoms with Crippen LogP contribution in [0.4, 0.5) is 11.9 Å². The average Bonchev–Trinajstić information content (AvgIpc) is 2.50. The fraction of sp³-hybridized carbons (Fsp3) is 0.533. The molecule has 0 amide bonds. The Hall–Kier alpha value is -2.51. The predicted molar refractivity (Wildman–Crippen MR) is 87.8 cm³/mol. The molecular weight excluding hydrogens is 294 g/mol. The van der Waals surface area contributed by atoms with E-state index in [1.807, 2.05) is 20.8 Å². The minimum Gasteiger partial charge on any atom is -0.348 e. The van der Waals surface area contributed by atoms with E-state index < -0.39 is 0 Å². The summed E-state index contributed by atoms with van der Waals surface area (Å²) in [5, 5.41) is 11.5. The van der Waals surface area contributed by atoms with E-state index in [9.17, 15) is 4.79 Å². The van der Waals surface area contributed by atoms with Crippen molar-refractivity contribution in [2.75, 3.05) is 23.3 Å². The van der Waals surface area contributed by atoms with E-state index in [0.717, 1.165) is 43.0 Å². The second-order valence-electron chi connectivity index (χ2n) is 5.95. The summed E-state index contributed by atoms with van der Waals surface area (Å²) in [6, 6.07) is 1.69. The molecule has 3 heterocycles. The fourth-order valence-electron chi connectivity index (χ4n) is 2.70. The van der Waals surface area contributed by atoms with Crippen LogP contribution in [0.2, 0.25) is 0 Å². The average molecular weight is 315 g/mol. The third-order valence-electron chi connectivity index (χ3n) is 4.00. The lowest BCUT2D eigenvalue weighted by atomic mass is 10.1. The summed E-state index contributed by atoms with van der Waals surface area (Å²) in [6.07, 6.45) is 2.02. The van der Waals surface area contributed by atoms with Gasteiger partial charge in [-0.3, -0.25) is 9.78 Å². The van der Waals surface area contributed by atoms with Crippen molar-refractivity contribution in [2.24, 2.45) is 0 Å². The molecule has 8 nitrogen and oxygen atoms in total. The molecule has 0 radical (unpaired) electrons. The first kappa shape index (κ1) is 15.4. The summed E-state index contributed by atoms with van der Waals surface area (Å²) in [4.78, 5) is 25.4. The van der Waals surface area contributed by atoms with Crippen molar-refractivity contribution in [3.05, 3.63) is 33.5 Å². The van der Waals surface area contributed by atoms with Crippen LogP contribution in [0.25, 0.3) is 0 Å². The molecule has 23 heavy (non-hydrogen) atoms. The van der Waals surface area contributed by atoms with E-state index >= 15 is 0 Å². The molecule has 0 aromatic carbocycles. The monoisotopic (exact) mass is 315 g/mol. The lowest BCUT2D eigenvalue weighted by Crippen LogP contribution is -2.43. The predicted octanol–water partition coefficient (Wildman–Crippen LogP) is 0.961. The highest BCUT2D eigenvalue weighted by atomic mass is 16.1. The van der Waals surface area contributed by atoms with Crippen LogP contribution in [-0.4, -0.2) is 44.3 Å². The maximum Gasteiger partial charge on any atom is 0.252 e. The van der Waals surface area contributed by atoms with E-state index in [0.29, 0.717) is 11.9 Å². The molecule has 2 aromatic heterocycles. The van der Waals surface area contributed by atoms with Crippen molar-refractivity contribution in [2.45, 2.75) is 39.7 Å². The molecule has 3 rings (SSSR count). The van der Waals surface area contributed by atoms with Crippen LogP contribution in [0.3, 0.4) is 0 Å². The maximum absolute atomic E-state index is 11.6. The van der Waals surface area contributed by atoms with Crippen LogP contribution >= 0.6 is 0 Å². The van der Waals surface area contributed by atoms with Gasteiger partial charge in [0.1, 0.15) is 0 Å². The Kier molecular flexibility index (Phi) is 4.22. The third-order valence-corrected chi connectivity index (χ3v) is 4.00. The zero-order valence-corrected chi connectivity index (χ0v) is 13.6. The fourth-order valence-corrected chi connectivity index (χ4v) is 2.70. The second kappa shape index (κ2) is 6.31. The van der Waals surface area contributed by atoms with Crippen LogP contribution in [0.15, 0.2) is 10.9 Å². The van der Waals surface area contributed by atoms with Gasteiger partial charge in [-0.05, 0) is 33.6 Å². The van der Waals surface area contributed by atoms with E-state index in [-0.39, 0.29) is 11.6 Å². The first-order valence-corrected chi connectivity index (χ1v) is 7.78. The van der Waals surface area contributed by atoms with E-state index in [1.54, 1.807) is 0 Å². The first-order chi connectivity index (χ1) is 11.0. The molecule has 1 saturated heterocycles. The number of anilines is 2. The summed E-state index contributed by atoms with van der Waals surface area (Å²) >= 11 is 0. The van der Waals surface area contributed by atoms with Gasteiger partial charge >= 0.3 is 0 Å². The molecule has 1 atom stereocenters. The molecule has 0 bridgehead atoms. The Morgan fingerprint density at radius 2 is 2.04 bits per heavy atom. The molecule has 8 heteroatoms. The molecule has 122 valence electrons. The molecule has 0 spiro atoms. The van der Waals surface area contributed by atoms with Gasteiger partial charge in [0.25, 0.3) is 5.56 Å². The summed E-state index contributed by atoms with van der Waals surface area (Å²) < 4.78 is 0. The summed E-state index contributed by atoms with van der Waals surface area (Å²) in [6.45, 7) is 7.25. The second-order valence-corrected chi connectivity index (χ2v) is 5.95. The summed E-state index contributed by atoms with van der Waals surface area (Å²) in [7, 11) is 0. The Morgan fingerprint density at radius 3 is 2.78 bits per heavy atom. The van der Waals surface area contributed by atoms with Crippen molar-refractivity contribution in [1.82, 2.24) is 25.1 Å². The molecule has 1 aliphatic heterocycles. The van der Waals surface area contributed by atoms with Crippen LogP contribution < -0.4 is 15.8 Å². The molecule has 0 saturated carbocycles. The van der Waals surface area contributed by atoms with Gasteiger partial charge in [0.2, 0.25) is 11.9 Å². The van der Waals surface area contributed by atoms with Gasteiger partial charge in [-0.2, -0.15) is 5.10 Å². The Balaban J connectivity index is 1.72. The molecule has 2 N–H and O–H groups in total. The molecule has 2 aromatic rings. The van der Waals surface area contributed by atoms with Crippen LogP contribution in [0.5, 0.6) is 0 Å². The minimum absolute atomic E-state index is 0.121. The van der Waals surface area contributed by atoms with Crippen molar-refractivity contribution < 1.29 is 0 Å². The number of aromatic amines is 1. The highest BCUT2D eigenvalue weighted by Crippen LogP contribution is 2.17. The zero-order valence-electron chi connectivity index (χ0n) is 13.6. The van der Waals surface area contributed by atoms with Gasteiger partial charge in [-0.25, -0.2) is 9.97 Å². The van der Waals surface area contributed by atoms with Crippen LogP contribution in [0.1, 0.15) is 29.9 Å². The van der Waals surface area contributed by atoms with Crippen molar-refractivity contribution in [1.29, 1.82) is 0 Å². The SMILES string of the molecule is Cc1cc(=O)[nH]c(N2CCCC(Nc3nnc(C)c(C)n3)C2)n1. The lowest BCUT2D eigenvalue weighted by molar-refractivity contribution is 0.518. The molecular formula is C15H21N7O. The summed E-state index contributed by atoms with van der Waals surface area (Å²) in [5.41, 5.74) is 2.31. The van der Waals surface area contributed by atoms with Crippen molar-refractivity contribution in [3.63, 3.8) is 0 Å². The normalized spacial score (nSPS) is 18.0. The molecule has 1 aliphatic rings. The number of H-pyrrole nitrogens is 1. The minimum atomic E-state index is -0.121. The van der Waals surface area contributed by atoms with E-state index in [2.05, 4.69) is 35.4 Å². The van der Waals surface area contributed by atoms with E-state index in [4.69, 9.17) is 0 Å². The van der Waals surface area contributed by atoms with Gasteiger partial charge in [-0.1, -0.05) is 0 Å². The lowest BCUT2D eigenvalue weighted by Gasteiger charge is -2.33. The van der Waals surface area contributed by atoms with E-state index in [1.165, 1.54) is 6.07 Å². The smallest absolute Gasteiger partial charge is 0.252 e. The standard InChI is InChI=1S/C15H21N7O/c1-9-7-13(23)19-15(16-9)22-6-4-5-12(8-22)18-14-17-10(2)11(3)20-21-14/h7,12H,4-6,8H2,1-3H3,(H,16,19,23)(H,17,18,21). The van der Waals surface area contributed by atoms with Gasteiger partial charge in [-0.15, -0.1) is 5.10 Å². The summed E-state index contributed by atoms with van der Waals surface area (Å²) in [5.74, 6) is 1.17. The number of hydrogen-bond acceptors (Lipinski definition) is 7. The number of aryl methyl sites for hydroxylation is 3. The quantitative estimate of drug-likeness (QED) is 0.870. The van der Waals surface area contributed by atoms with Crippen LogP contribution in [-0.2, 0) is 0 Å². The zero-order chi connectivity index (χ0) is 16.4. The van der Waals surface area contributed by atoms with Crippen molar-refractivity contribution in [3.8, 4) is 0 Å². The van der Waals surface area contributed by atoms with Gasteiger partial charge in [0.15, 0.2) is 0 Å². The number of aromatic nitrogens is 5.